The van der Waals surface area contributed by atoms with Crippen molar-refractivity contribution in [2.75, 3.05) is 20.3 Å². The van der Waals surface area contributed by atoms with Crippen LogP contribution in [0.15, 0.2) is 18.2 Å². The van der Waals surface area contributed by atoms with E-state index in [-0.39, 0.29) is 16.7 Å². The van der Waals surface area contributed by atoms with Gasteiger partial charge in [0, 0.05) is 25.3 Å². The van der Waals surface area contributed by atoms with Gasteiger partial charge in [-0.3, -0.25) is 0 Å². The van der Waals surface area contributed by atoms with Gasteiger partial charge in [-0.15, -0.1) is 0 Å². The lowest BCUT2D eigenvalue weighted by Crippen LogP contribution is -2.44. The molecule has 1 atom stereocenters. The Kier molecular flexibility index (Phi) is 6.04. The summed E-state index contributed by atoms with van der Waals surface area (Å²) in [5.74, 6) is -0.0428. The normalized spacial score (nSPS) is 13.4. The summed E-state index contributed by atoms with van der Waals surface area (Å²) in [5, 5.41) is 3.41. The molecule has 3 nitrogen and oxygen atoms in total. The fraction of sp³-hybridized carbons (Fsp3) is 0.571. The van der Waals surface area contributed by atoms with Crippen molar-refractivity contribution in [2.45, 2.75) is 32.4 Å². The van der Waals surface area contributed by atoms with E-state index in [1.807, 2.05) is 0 Å². The smallest absolute Gasteiger partial charge is 0.145 e. The maximum Gasteiger partial charge on any atom is 0.145 e. The van der Waals surface area contributed by atoms with Crippen LogP contribution in [0, 0.1) is 5.82 Å². The summed E-state index contributed by atoms with van der Waals surface area (Å²) in [6.45, 7) is 7.24. The molecule has 1 aromatic rings. The number of hydrogen-bond donors (Lipinski definition) is 1. The van der Waals surface area contributed by atoms with Crippen LogP contribution in [0.1, 0.15) is 20.8 Å². The van der Waals surface area contributed by atoms with Crippen LogP contribution in [-0.2, 0) is 4.74 Å². The van der Waals surface area contributed by atoms with Gasteiger partial charge in [-0.2, -0.15) is 0 Å². The molecule has 5 heteroatoms. The molecule has 0 aliphatic carbocycles. The maximum atomic E-state index is 13.3. The zero-order chi connectivity index (χ0) is 14.5. The molecule has 0 aliphatic rings. The molecule has 1 rings (SSSR count). The molecular formula is C14H21ClFNO2. The predicted molar refractivity (Wildman–Crippen MR) is 75.5 cm³/mol. The fourth-order valence-electron chi connectivity index (χ4n) is 1.48. The molecule has 1 unspecified atom stereocenters. The number of halogens is 2. The molecule has 0 aromatic heterocycles. The van der Waals surface area contributed by atoms with Crippen LogP contribution in [0.3, 0.4) is 0 Å². The average Bonchev–Trinajstić information content (AvgIpc) is 2.30. The van der Waals surface area contributed by atoms with Crippen LogP contribution in [0.4, 0.5) is 4.39 Å². The fourth-order valence-corrected chi connectivity index (χ4v) is 1.60. The molecule has 0 spiro atoms. The highest BCUT2D eigenvalue weighted by Gasteiger charge is 2.16. The van der Waals surface area contributed by atoms with E-state index in [9.17, 15) is 4.39 Å². The highest BCUT2D eigenvalue weighted by Crippen LogP contribution is 2.21. The number of hydrogen-bond acceptors (Lipinski definition) is 3. The standard InChI is InChI=1S/C14H21ClFNO2/c1-14(2,3)17-8-11(9-18-4)19-10-5-6-12(15)13(16)7-10/h5-7,11,17H,8-9H2,1-4H3. The molecule has 0 radical (unpaired) electrons. The zero-order valence-electron chi connectivity index (χ0n) is 11.8. The van der Waals surface area contributed by atoms with Gasteiger partial charge in [-0.1, -0.05) is 11.6 Å². The van der Waals surface area contributed by atoms with Gasteiger partial charge in [0.05, 0.1) is 11.6 Å². The lowest BCUT2D eigenvalue weighted by molar-refractivity contribution is 0.0763. The second-order valence-corrected chi connectivity index (χ2v) is 5.81. The lowest BCUT2D eigenvalue weighted by Gasteiger charge is -2.25. The summed E-state index contributed by atoms with van der Waals surface area (Å²) in [5.41, 5.74) is -0.0133. The summed E-state index contributed by atoms with van der Waals surface area (Å²) in [4.78, 5) is 0. The van der Waals surface area contributed by atoms with E-state index in [0.717, 1.165) is 0 Å². The first-order chi connectivity index (χ1) is 8.81. The summed E-state index contributed by atoms with van der Waals surface area (Å²) < 4.78 is 24.1. The topological polar surface area (TPSA) is 30.5 Å². The third kappa shape index (κ3) is 6.23. The maximum absolute atomic E-state index is 13.3. The molecule has 0 heterocycles. The summed E-state index contributed by atoms with van der Waals surface area (Å²) in [6.07, 6.45) is -0.190. The van der Waals surface area contributed by atoms with Crippen LogP contribution in [-0.4, -0.2) is 31.9 Å². The zero-order valence-corrected chi connectivity index (χ0v) is 12.6. The first kappa shape index (κ1) is 16.2. The van der Waals surface area contributed by atoms with Crippen LogP contribution in [0.25, 0.3) is 0 Å². The summed E-state index contributed by atoms with van der Waals surface area (Å²) in [7, 11) is 1.61. The van der Waals surface area contributed by atoms with Crippen molar-refractivity contribution in [2.24, 2.45) is 0 Å². The van der Waals surface area contributed by atoms with Gasteiger partial charge in [0.15, 0.2) is 0 Å². The third-order valence-electron chi connectivity index (χ3n) is 2.41. The van der Waals surface area contributed by atoms with Gasteiger partial charge >= 0.3 is 0 Å². The SMILES string of the molecule is COCC(CNC(C)(C)C)Oc1ccc(Cl)c(F)c1. The van der Waals surface area contributed by atoms with Crippen molar-refractivity contribution >= 4 is 11.6 Å². The Labute approximate surface area is 119 Å². The molecule has 1 aromatic carbocycles. The van der Waals surface area contributed by atoms with Gasteiger partial charge in [0.2, 0.25) is 0 Å². The molecule has 0 bridgehead atoms. The van der Waals surface area contributed by atoms with E-state index in [1.165, 1.54) is 12.1 Å². The van der Waals surface area contributed by atoms with Gasteiger partial charge < -0.3 is 14.8 Å². The Balaban J connectivity index is 2.64. The Morgan fingerprint density at radius 2 is 2.05 bits per heavy atom. The van der Waals surface area contributed by atoms with Crippen molar-refractivity contribution in [3.05, 3.63) is 29.0 Å². The van der Waals surface area contributed by atoms with Gasteiger partial charge in [0.1, 0.15) is 17.7 Å². The Morgan fingerprint density at radius 3 is 2.58 bits per heavy atom. The molecule has 0 saturated carbocycles. The molecule has 0 aliphatic heterocycles. The molecule has 0 amide bonds. The Bertz CT molecular complexity index is 407. The second-order valence-electron chi connectivity index (χ2n) is 5.40. The van der Waals surface area contributed by atoms with Crippen LogP contribution in [0.2, 0.25) is 5.02 Å². The largest absolute Gasteiger partial charge is 0.487 e. The van der Waals surface area contributed by atoms with E-state index in [2.05, 4.69) is 26.1 Å². The molecule has 0 fully saturated rings. The van der Waals surface area contributed by atoms with E-state index in [4.69, 9.17) is 21.1 Å². The first-order valence-corrected chi connectivity index (χ1v) is 6.55. The Hall–Kier alpha value is -0.840. The van der Waals surface area contributed by atoms with Crippen LogP contribution >= 0.6 is 11.6 Å². The third-order valence-corrected chi connectivity index (χ3v) is 2.71. The molecule has 108 valence electrons. The van der Waals surface area contributed by atoms with Crippen LogP contribution < -0.4 is 10.1 Å². The minimum absolute atomic E-state index is 0.0133. The monoisotopic (exact) mass is 289 g/mol. The molecule has 19 heavy (non-hydrogen) atoms. The van der Waals surface area contributed by atoms with Crippen molar-refractivity contribution < 1.29 is 13.9 Å². The second kappa shape index (κ2) is 7.08. The van der Waals surface area contributed by atoms with Gasteiger partial charge in [0.25, 0.3) is 0 Å². The molecule has 0 saturated heterocycles. The highest BCUT2D eigenvalue weighted by molar-refractivity contribution is 6.30. The van der Waals surface area contributed by atoms with Crippen LogP contribution in [0.5, 0.6) is 5.75 Å². The first-order valence-electron chi connectivity index (χ1n) is 6.17. The minimum atomic E-state index is -0.487. The van der Waals surface area contributed by atoms with E-state index in [1.54, 1.807) is 13.2 Å². The van der Waals surface area contributed by atoms with E-state index in [0.29, 0.717) is 18.9 Å². The number of nitrogens with one attached hydrogen (secondary N) is 1. The highest BCUT2D eigenvalue weighted by atomic mass is 35.5. The van der Waals surface area contributed by atoms with Crippen molar-refractivity contribution in [1.82, 2.24) is 5.32 Å². The average molecular weight is 290 g/mol. The van der Waals surface area contributed by atoms with Crippen molar-refractivity contribution in [1.29, 1.82) is 0 Å². The molecule has 1 N–H and O–H groups in total. The summed E-state index contributed by atoms with van der Waals surface area (Å²) in [6, 6.07) is 4.40. The number of methoxy groups -OCH3 is 1. The quantitative estimate of drug-likeness (QED) is 0.872. The van der Waals surface area contributed by atoms with E-state index >= 15 is 0 Å². The predicted octanol–water partition coefficient (Wildman–Crippen LogP) is 3.26. The van der Waals surface area contributed by atoms with Crippen molar-refractivity contribution in [3.63, 3.8) is 0 Å². The number of benzene rings is 1. The van der Waals surface area contributed by atoms with Gasteiger partial charge in [-0.25, -0.2) is 4.39 Å². The molecular weight excluding hydrogens is 269 g/mol. The number of ether oxygens (including phenoxy) is 2. The number of rotatable bonds is 6. The van der Waals surface area contributed by atoms with Gasteiger partial charge in [-0.05, 0) is 32.9 Å². The van der Waals surface area contributed by atoms with Crippen molar-refractivity contribution in [3.8, 4) is 5.75 Å². The summed E-state index contributed by atoms with van der Waals surface area (Å²) >= 11 is 5.63. The lowest BCUT2D eigenvalue weighted by atomic mass is 10.1. The Morgan fingerprint density at radius 1 is 1.37 bits per heavy atom. The minimum Gasteiger partial charge on any atom is -0.487 e. The van der Waals surface area contributed by atoms with E-state index < -0.39 is 5.82 Å².